The Hall–Kier alpha value is -2.77. The van der Waals surface area contributed by atoms with Gasteiger partial charge in [0.15, 0.2) is 12.6 Å². The first-order chi connectivity index (χ1) is 12.4. The molecule has 0 aliphatic carbocycles. The highest BCUT2D eigenvalue weighted by Crippen LogP contribution is 2.19. The second kappa shape index (κ2) is 9.07. The smallest absolute Gasteiger partial charge is 0.422 e. The Labute approximate surface area is 148 Å². The summed E-state index contributed by atoms with van der Waals surface area (Å²) in [5.41, 5.74) is 1.22. The average molecular weight is 369 g/mol. The van der Waals surface area contributed by atoms with Crippen LogP contribution in [0.2, 0.25) is 0 Å². The van der Waals surface area contributed by atoms with Crippen LogP contribution < -0.4 is 15.4 Å². The van der Waals surface area contributed by atoms with Gasteiger partial charge in [-0.25, -0.2) is 4.39 Å². The number of nitrogens with one attached hydrogen (secondary N) is 2. The number of nitrogens with zero attached hydrogens (tertiary/aromatic N) is 1. The molecule has 0 bridgehead atoms. The van der Waals surface area contributed by atoms with Crippen LogP contribution in [0.25, 0.3) is 0 Å². The van der Waals surface area contributed by atoms with Gasteiger partial charge >= 0.3 is 6.18 Å². The van der Waals surface area contributed by atoms with Crippen LogP contribution >= 0.6 is 0 Å². The van der Waals surface area contributed by atoms with Gasteiger partial charge in [0.1, 0.15) is 11.6 Å². The van der Waals surface area contributed by atoms with Crippen molar-refractivity contribution < 1.29 is 22.3 Å². The molecule has 0 aliphatic rings. The van der Waals surface area contributed by atoms with Crippen LogP contribution in [0.4, 0.5) is 17.6 Å². The lowest BCUT2D eigenvalue weighted by Crippen LogP contribution is -2.36. The fourth-order valence-electron chi connectivity index (χ4n) is 2.14. The predicted molar refractivity (Wildman–Crippen MR) is 91.4 cm³/mol. The normalized spacial score (nSPS) is 12.0. The van der Waals surface area contributed by atoms with Crippen LogP contribution in [0.3, 0.4) is 0 Å². The van der Waals surface area contributed by atoms with Gasteiger partial charge in [0.25, 0.3) is 0 Å². The Balaban J connectivity index is 1.87. The first-order valence-electron chi connectivity index (χ1n) is 7.84. The van der Waals surface area contributed by atoms with E-state index in [1.807, 2.05) is 0 Å². The van der Waals surface area contributed by atoms with Crippen LogP contribution in [0.5, 0.6) is 5.75 Å². The zero-order chi connectivity index (χ0) is 19.0. The van der Waals surface area contributed by atoms with Crippen LogP contribution in [-0.2, 0) is 13.1 Å². The summed E-state index contributed by atoms with van der Waals surface area (Å²) in [5, 5.41) is 5.99. The van der Waals surface area contributed by atoms with E-state index in [1.54, 1.807) is 37.4 Å². The zero-order valence-corrected chi connectivity index (χ0v) is 14.1. The lowest BCUT2D eigenvalue weighted by molar-refractivity contribution is -0.153. The van der Waals surface area contributed by atoms with Gasteiger partial charge in [-0.15, -0.1) is 0 Å². The topological polar surface area (TPSA) is 45.7 Å². The largest absolute Gasteiger partial charge is 0.484 e. The lowest BCUT2D eigenvalue weighted by Gasteiger charge is -2.13. The summed E-state index contributed by atoms with van der Waals surface area (Å²) in [4.78, 5) is 4.03. The molecule has 0 radical (unpaired) electrons. The molecule has 26 heavy (non-hydrogen) atoms. The molecule has 140 valence electrons. The van der Waals surface area contributed by atoms with Crippen molar-refractivity contribution in [2.24, 2.45) is 4.99 Å². The number of hydrogen-bond acceptors (Lipinski definition) is 2. The second-order valence-electron chi connectivity index (χ2n) is 5.42. The Kier molecular flexibility index (Phi) is 6.82. The molecule has 2 rings (SSSR count). The molecule has 0 saturated heterocycles. The zero-order valence-electron chi connectivity index (χ0n) is 14.1. The van der Waals surface area contributed by atoms with E-state index in [1.165, 1.54) is 18.2 Å². The standard InChI is InChI=1S/C18H19F4N3O/c1-23-17(25-11-14-6-2-3-8-16(14)19)24-10-13-5-4-7-15(9-13)26-12-18(20,21)22/h2-9H,10-12H2,1H3,(H2,23,24,25). The summed E-state index contributed by atoms with van der Waals surface area (Å²) in [6.07, 6.45) is -4.38. The fraction of sp³-hybridized carbons (Fsp3) is 0.278. The van der Waals surface area contributed by atoms with E-state index < -0.39 is 12.8 Å². The summed E-state index contributed by atoms with van der Waals surface area (Å²) >= 11 is 0. The number of hydrogen-bond donors (Lipinski definition) is 2. The highest BCUT2D eigenvalue weighted by Gasteiger charge is 2.28. The van der Waals surface area contributed by atoms with Gasteiger partial charge in [-0.05, 0) is 23.8 Å². The number of aliphatic imine (C=N–C) groups is 1. The molecule has 0 amide bonds. The minimum atomic E-state index is -4.38. The third-order valence-electron chi connectivity index (χ3n) is 3.39. The van der Waals surface area contributed by atoms with Gasteiger partial charge in [0.2, 0.25) is 0 Å². The van der Waals surface area contributed by atoms with Crippen molar-refractivity contribution in [3.8, 4) is 5.75 Å². The molecule has 0 aliphatic heterocycles. The second-order valence-corrected chi connectivity index (χ2v) is 5.42. The molecule has 0 heterocycles. The van der Waals surface area contributed by atoms with Gasteiger partial charge in [0.05, 0.1) is 0 Å². The summed E-state index contributed by atoms with van der Waals surface area (Å²) in [7, 11) is 1.57. The molecule has 0 aromatic heterocycles. The maximum atomic E-state index is 13.6. The highest BCUT2D eigenvalue weighted by molar-refractivity contribution is 5.79. The van der Waals surface area contributed by atoms with Crippen LogP contribution in [0.15, 0.2) is 53.5 Å². The fourth-order valence-corrected chi connectivity index (χ4v) is 2.14. The molecule has 0 spiro atoms. The van der Waals surface area contributed by atoms with Crippen molar-refractivity contribution >= 4 is 5.96 Å². The monoisotopic (exact) mass is 369 g/mol. The molecule has 0 unspecified atom stereocenters. The van der Waals surface area contributed by atoms with E-state index in [-0.39, 0.29) is 18.1 Å². The molecule has 0 saturated carbocycles. The molecule has 2 aromatic carbocycles. The number of ether oxygens (including phenoxy) is 1. The summed E-state index contributed by atoms with van der Waals surface area (Å²) in [6.45, 7) is -0.767. The van der Waals surface area contributed by atoms with Gasteiger partial charge < -0.3 is 15.4 Å². The van der Waals surface area contributed by atoms with Crippen molar-refractivity contribution in [3.63, 3.8) is 0 Å². The molecule has 0 atom stereocenters. The first-order valence-corrected chi connectivity index (χ1v) is 7.84. The van der Waals surface area contributed by atoms with Crippen LogP contribution in [0.1, 0.15) is 11.1 Å². The molecule has 2 aromatic rings. The maximum absolute atomic E-state index is 13.6. The van der Waals surface area contributed by atoms with E-state index in [9.17, 15) is 17.6 Å². The Morgan fingerprint density at radius 3 is 2.46 bits per heavy atom. The summed E-state index contributed by atoms with van der Waals surface area (Å²) in [5.74, 6) is 0.260. The number of rotatable bonds is 6. The number of guanidine groups is 1. The lowest BCUT2D eigenvalue weighted by atomic mass is 10.2. The van der Waals surface area contributed by atoms with Crippen molar-refractivity contribution in [3.05, 3.63) is 65.5 Å². The number of benzene rings is 2. The van der Waals surface area contributed by atoms with Crippen LogP contribution in [0, 0.1) is 5.82 Å². The van der Waals surface area contributed by atoms with E-state index >= 15 is 0 Å². The van der Waals surface area contributed by atoms with Gasteiger partial charge in [0, 0.05) is 25.7 Å². The summed E-state index contributed by atoms with van der Waals surface area (Å²) in [6, 6.07) is 12.7. The quantitative estimate of drug-likeness (QED) is 0.464. The van der Waals surface area contributed by atoms with Crippen molar-refractivity contribution in [1.29, 1.82) is 0 Å². The number of alkyl halides is 3. The molecule has 8 heteroatoms. The molecular weight excluding hydrogens is 350 g/mol. The van der Waals surface area contributed by atoms with Crippen molar-refractivity contribution in [1.82, 2.24) is 10.6 Å². The Morgan fingerprint density at radius 2 is 1.77 bits per heavy atom. The third kappa shape index (κ3) is 6.62. The first kappa shape index (κ1) is 19.6. The van der Waals surface area contributed by atoms with Crippen molar-refractivity contribution in [2.75, 3.05) is 13.7 Å². The highest BCUT2D eigenvalue weighted by atomic mass is 19.4. The predicted octanol–water partition coefficient (Wildman–Crippen LogP) is 3.63. The molecule has 2 N–H and O–H groups in total. The van der Waals surface area contributed by atoms with Gasteiger partial charge in [-0.2, -0.15) is 13.2 Å². The van der Waals surface area contributed by atoms with Gasteiger partial charge in [-0.3, -0.25) is 4.99 Å². The van der Waals surface area contributed by atoms with E-state index in [0.717, 1.165) is 5.56 Å². The van der Waals surface area contributed by atoms with Crippen molar-refractivity contribution in [2.45, 2.75) is 19.3 Å². The Bertz CT molecular complexity index is 747. The Morgan fingerprint density at radius 1 is 1.04 bits per heavy atom. The molecule has 0 fully saturated rings. The molecule has 4 nitrogen and oxygen atoms in total. The van der Waals surface area contributed by atoms with Crippen LogP contribution in [-0.4, -0.2) is 25.8 Å². The SMILES string of the molecule is CN=C(NCc1cccc(OCC(F)(F)F)c1)NCc1ccccc1F. The number of halogens is 4. The maximum Gasteiger partial charge on any atom is 0.422 e. The van der Waals surface area contributed by atoms with E-state index in [2.05, 4.69) is 15.6 Å². The molecular formula is C18H19F4N3O. The minimum absolute atomic E-state index is 0.135. The van der Waals surface area contributed by atoms with E-state index in [0.29, 0.717) is 18.1 Å². The van der Waals surface area contributed by atoms with E-state index in [4.69, 9.17) is 4.74 Å². The average Bonchev–Trinajstić information content (AvgIpc) is 2.61. The van der Waals surface area contributed by atoms with Gasteiger partial charge in [-0.1, -0.05) is 30.3 Å². The third-order valence-corrected chi connectivity index (χ3v) is 3.39. The minimum Gasteiger partial charge on any atom is -0.484 e. The summed E-state index contributed by atoms with van der Waals surface area (Å²) < 4.78 is 54.9.